The maximum Gasteiger partial charge on any atom is 0.258 e. The van der Waals surface area contributed by atoms with Crippen LogP contribution in [0.15, 0.2) is 77.7 Å². The molecule has 0 radical (unpaired) electrons. The average molecular weight is 375 g/mol. The summed E-state index contributed by atoms with van der Waals surface area (Å²) < 4.78 is 6.80. The zero-order valence-corrected chi connectivity index (χ0v) is 15.5. The number of amides is 1. The zero-order valence-electron chi connectivity index (χ0n) is 15.5. The SMILES string of the molecule is COc1cccc(Cn2cccc(/C=C/C(=O)Nc3ccccc3N)c2=O)c1. The number of nitrogens with one attached hydrogen (secondary N) is 1. The summed E-state index contributed by atoms with van der Waals surface area (Å²) in [5.41, 5.74) is 7.99. The highest BCUT2D eigenvalue weighted by Gasteiger charge is 2.05. The number of aromatic nitrogens is 1. The number of hydrogen-bond acceptors (Lipinski definition) is 4. The van der Waals surface area contributed by atoms with Gasteiger partial charge in [-0.05, 0) is 48.0 Å². The number of carbonyl (C=O) groups excluding carboxylic acids is 1. The molecule has 28 heavy (non-hydrogen) atoms. The Morgan fingerprint density at radius 2 is 1.96 bits per heavy atom. The maximum atomic E-state index is 12.7. The predicted octanol–water partition coefficient (Wildman–Crippen LogP) is 3.14. The summed E-state index contributed by atoms with van der Waals surface area (Å²) in [5, 5.41) is 2.69. The van der Waals surface area contributed by atoms with Crippen molar-refractivity contribution in [2.45, 2.75) is 6.54 Å². The normalized spacial score (nSPS) is 10.8. The molecule has 3 aromatic rings. The lowest BCUT2D eigenvalue weighted by molar-refractivity contribution is -0.111. The molecular formula is C22H21N3O3. The van der Waals surface area contributed by atoms with Gasteiger partial charge in [-0.2, -0.15) is 0 Å². The predicted molar refractivity (Wildman–Crippen MR) is 111 cm³/mol. The van der Waals surface area contributed by atoms with E-state index in [1.54, 1.807) is 54.3 Å². The van der Waals surface area contributed by atoms with Gasteiger partial charge in [0.05, 0.1) is 25.0 Å². The molecule has 142 valence electrons. The molecular weight excluding hydrogens is 354 g/mol. The standard InChI is InChI=1S/C22H21N3O3/c1-28-18-8-4-6-16(14-18)15-25-13-5-7-17(22(25)27)11-12-21(26)24-20-10-3-2-9-19(20)23/h2-14H,15,23H2,1H3,(H,24,26)/b12-11+. The molecule has 0 aliphatic carbocycles. The minimum atomic E-state index is -0.361. The van der Waals surface area contributed by atoms with Gasteiger partial charge in [-0.25, -0.2) is 0 Å². The average Bonchev–Trinajstić information content (AvgIpc) is 2.70. The zero-order chi connectivity index (χ0) is 19.9. The Hall–Kier alpha value is -3.80. The first-order valence-electron chi connectivity index (χ1n) is 8.73. The number of nitrogens with zero attached hydrogens (tertiary/aromatic N) is 1. The molecule has 3 rings (SSSR count). The number of methoxy groups -OCH3 is 1. The van der Waals surface area contributed by atoms with E-state index in [4.69, 9.17) is 10.5 Å². The minimum Gasteiger partial charge on any atom is -0.497 e. The second-order valence-electron chi connectivity index (χ2n) is 6.16. The number of rotatable bonds is 6. The van der Waals surface area contributed by atoms with Crippen molar-refractivity contribution < 1.29 is 9.53 Å². The van der Waals surface area contributed by atoms with Gasteiger partial charge < -0.3 is 20.4 Å². The van der Waals surface area contributed by atoms with E-state index in [9.17, 15) is 9.59 Å². The molecule has 3 N–H and O–H groups in total. The van der Waals surface area contributed by atoms with Gasteiger partial charge in [0, 0.05) is 17.8 Å². The van der Waals surface area contributed by atoms with Gasteiger partial charge in [-0.1, -0.05) is 24.3 Å². The van der Waals surface area contributed by atoms with Gasteiger partial charge in [0.2, 0.25) is 5.91 Å². The van der Waals surface area contributed by atoms with Gasteiger partial charge >= 0.3 is 0 Å². The summed E-state index contributed by atoms with van der Waals surface area (Å²) in [7, 11) is 1.60. The summed E-state index contributed by atoms with van der Waals surface area (Å²) in [5.74, 6) is 0.374. The van der Waals surface area contributed by atoms with Gasteiger partial charge in [0.25, 0.3) is 5.56 Å². The van der Waals surface area contributed by atoms with Crippen LogP contribution in [0.1, 0.15) is 11.1 Å². The molecule has 0 fully saturated rings. The first-order valence-corrected chi connectivity index (χ1v) is 8.73. The van der Waals surface area contributed by atoms with Crippen LogP contribution < -0.4 is 21.3 Å². The molecule has 1 heterocycles. The van der Waals surface area contributed by atoms with Crippen LogP contribution in [0, 0.1) is 0 Å². The van der Waals surface area contributed by atoms with Gasteiger partial charge in [0.1, 0.15) is 5.75 Å². The number of nitrogens with two attached hydrogens (primary N) is 1. The van der Waals surface area contributed by atoms with E-state index in [1.165, 1.54) is 12.2 Å². The molecule has 0 atom stereocenters. The van der Waals surface area contributed by atoms with E-state index < -0.39 is 0 Å². The van der Waals surface area contributed by atoms with E-state index in [0.29, 0.717) is 23.5 Å². The van der Waals surface area contributed by atoms with Gasteiger partial charge in [-0.3, -0.25) is 9.59 Å². The Labute approximate surface area is 162 Å². The Morgan fingerprint density at radius 3 is 2.75 bits per heavy atom. The van der Waals surface area contributed by atoms with Crippen LogP contribution in [-0.2, 0) is 11.3 Å². The molecule has 2 aromatic carbocycles. The Kier molecular flexibility index (Phi) is 5.91. The Morgan fingerprint density at radius 1 is 1.14 bits per heavy atom. The quantitative estimate of drug-likeness (QED) is 0.512. The van der Waals surface area contributed by atoms with Crippen LogP contribution in [-0.4, -0.2) is 17.6 Å². The highest BCUT2D eigenvalue weighted by atomic mass is 16.5. The van der Waals surface area contributed by atoms with Crippen LogP contribution in [0.4, 0.5) is 11.4 Å². The van der Waals surface area contributed by atoms with Crippen molar-refractivity contribution in [2.75, 3.05) is 18.2 Å². The second kappa shape index (κ2) is 8.73. The molecule has 0 saturated carbocycles. The van der Waals surface area contributed by atoms with Crippen molar-refractivity contribution in [2.24, 2.45) is 0 Å². The van der Waals surface area contributed by atoms with Gasteiger partial charge in [-0.15, -0.1) is 0 Å². The van der Waals surface area contributed by atoms with Crippen molar-refractivity contribution in [1.82, 2.24) is 4.57 Å². The summed E-state index contributed by atoms with van der Waals surface area (Å²) in [6.07, 6.45) is 4.53. The molecule has 1 aromatic heterocycles. The smallest absolute Gasteiger partial charge is 0.258 e. The lowest BCUT2D eigenvalue weighted by Crippen LogP contribution is -2.22. The summed E-state index contributed by atoms with van der Waals surface area (Å²) >= 11 is 0. The topological polar surface area (TPSA) is 86.3 Å². The van der Waals surface area contributed by atoms with Crippen LogP contribution in [0.25, 0.3) is 6.08 Å². The molecule has 6 heteroatoms. The summed E-state index contributed by atoms with van der Waals surface area (Å²) in [6, 6.07) is 18.0. The van der Waals surface area contributed by atoms with E-state index in [2.05, 4.69) is 5.32 Å². The number of pyridine rings is 1. The molecule has 0 aliphatic heterocycles. The molecule has 0 unspecified atom stereocenters. The number of hydrogen-bond donors (Lipinski definition) is 2. The van der Waals surface area contributed by atoms with E-state index in [1.807, 2.05) is 24.3 Å². The number of para-hydroxylation sites is 2. The highest BCUT2D eigenvalue weighted by molar-refractivity contribution is 6.03. The van der Waals surface area contributed by atoms with Crippen molar-refractivity contribution in [3.05, 3.63) is 94.4 Å². The fourth-order valence-corrected chi connectivity index (χ4v) is 2.72. The van der Waals surface area contributed by atoms with Crippen LogP contribution in [0.2, 0.25) is 0 Å². The van der Waals surface area contributed by atoms with Crippen molar-refractivity contribution in [3.63, 3.8) is 0 Å². The van der Waals surface area contributed by atoms with Crippen molar-refractivity contribution >= 4 is 23.4 Å². The first kappa shape index (κ1) is 19.0. The van der Waals surface area contributed by atoms with Crippen LogP contribution >= 0.6 is 0 Å². The Bertz CT molecular complexity index is 1070. The maximum absolute atomic E-state index is 12.7. The summed E-state index contributed by atoms with van der Waals surface area (Å²) in [6.45, 7) is 0.407. The third-order valence-electron chi connectivity index (χ3n) is 4.17. The monoisotopic (exact) mass is 375 g/mol. The lowest BCUT2D eigenvalue weighted by Gasteiger charge is -2.08. The number of nitrogen functional groups attached to an aromatic ring is 1. The molecule has 0 bridgehead atoms. The second-order valence-corrected chi connectivity index (χ2v) is 6.16. The van der Waals surface area contributed by atoms with Crippen LogP contribution in [0.5, 0.6) is 5.75 Å². The summed E-state index contributed by atoms with van der Waals surface area (Å²) in [4.78, 5) is 24.8. The van der Waals surface area contributed by atoms with Crippen molar-refractivity contribution in [1.29, 1.82) is 0 Å². The fourth-order valence-electron chi connectivity index (χ4n) is 2.72. The number of anilines is 2. The Balaban J connectivity index is 1.75. The lowest BCUT2D eigenvalue weighted by atomic mass is 10.2. The number of carbonyl (C=O) groups is 1. The fraction of sp³-hybridized carbons (Fsp3) is 0.0909. The first-order chi connectivity index (χ1) is 13.6. The molecule has 0 aliphatic rings. The van der Waals surface area contributed by atoms with Crippen LogP contribution in [0.3, 0.4) is 0 Å². The van der Waals surface area contributed by atoms with Gasteiger partial charge in [0.15, 0.2) is 0 Å². The van der Waals surface area contributed by atoms with Crippen molar-refractivity contribution in [3.8, 4) is 5.75 Å². The minimum absolute atomic E-state index is 0.186. The number of ether oxygens (including phenoxy) is 1. The third kappa shape index (κ3) is 4.67. The number of benzene rings is 2. The molecule has 1 amide bonds. The van der Waals surface area contributed by atoms with E-state index >= 15 is 0 Å². The van der Waals surface area contributed by atoms with E-state index in [0.717, 1.165) is 11.3 Å². The largest absolute Gasteiger partial charge is 0.497 e. The highest BCUT2D eigenvalue weighted by Crippen LogP contribution is 2.16. The molecule has 0 saturated heterocycles. The van der Waals surface area contributed by atoms with E-state index in [-0.39, 0.29) is 11.5 Å². The molecule has 0 spiro atoms. The molecule has 6 nitrogen and oxygen atoms in total. The third-order valence-corrected chi connectivity index (χ3v) is 4.17.